The van der Waals surface area contributed by atoms with Crippen molar-refractivity contribution in [2.24, 2.45) is 5.92 Å². The molecule has 0 spiro atoms. The molecule has 4 rings (SSSR count). The van der Waals surface area contributed by atoms with Gasteiger partial charge in [0.2, 0.25) is 5.91 Å². The fourth-order valence-corrected chi connectivity index (χ4v) is 4.57. The fourth-order valence-electron chi connectivity index (χ4n) is 3.09. The Balaban J connectivity index is 1.47. The van der Waals surface area contributed by atoms with Crippen molar-refractivity contribution in [3.8, 4) is 11.5 Å². The van der Waals surface area contributed by atoms with Gasteiger partial charge in [-0.2, -0.15) is 0 Å². The van der Waals surface area contributed by atoms with Crippen LogP contribution in [0.5, 0.6) is 11.5 Å². The van der Waals surface area contributed by atoms with Crippen LogP contribution in [0.3, 0.4) is 0 Å². The Kier molecular flexibility index (Phi) is 5.07. The minimum absolute atomic E-state index is 0.177. The molecule has 2 aromatic rings. The Bertz CT molecular complexity index is 967. The molecule has 2 heterocycles. The Hall–Kier alpha value is -2.82. The Morgan fingerprint density at radius 3 is 2.54 bits per heavy atom. The van der Waals surface area contributed by atoms with E-state index in [2.05, 4.69) is 20.9 Å². The van der Waals surface area contributed by atoms with Crippen LogP contribution in [0.1, 0.15) is 0 Å². The lowest BCUT2D eigenvalue weighted by molar-refractivity contribution is -0.119. The zero-order chi connectivity index (χ0) is 19.6. The monoisotopic (exact) mass is 404 g/mol. The molecule has 0 aliphatic carbocycles. The van der Waals surface area contributed by atoms with Crippen LogP contribution in [0.15, 0.2) is 48.5 Å². The summed E-state index contributed by atoms with van der Waals surface area (Å²) in [5.74, 6) is -0.0883. The Morgan fingerprint density at radius 1 is 1.00 bits per heavy atom. The summed E-state index contributed by atoms with van der Waals surface area (Å²) in [4.78, 5) is 12.7. The highest BCUT2D eigenvalue weighted by atomic mass is 32.2. The lowest BCUT2D eigenvalue weighted by atomic mass is 10.1. The van der Waals surface area contributed by atoms with E-state index in [1.807, 2.05) is 0 Å². The highest BCUT2D eigenvalue weighted by Crippen LogP contribution is 2.33. The molecular formula is C18H20N4O5S. The lowest BCUT2D eigenvalue weighted by Crippen LogP contribution is -2.45. The highest BCUT2D eigenvalue weighted by Gasteiger charge is 2.42. The summed E-state index contributed by atoms with van der Waals surface area (Å²) in [5.41, 5.74) is 6.37. The Labute approximate surface area is 162 Å². The number of hydrogen-bond donors (Lipinski definition) is 4. The maximum Gasteiger partial charge on any atom is 0.250 e. The standard InChI is InChI=1S/C18H20N4O5S/c23-17(20-13-6-7-15-16(10-13)27-9-8-26-15)14-11-19-21-18(14)28(24,25)22-12-4-2-1-3-5-12/h1-7,10,14,18-19,21-22H,8-9,11H2,(H,20,23). The van der Waals surface area contributed by atoms with Crippen molar-refractivity contribution in [1.29, 1.82) is 0 Å². The molecule has 4 N–H and O–H groups in total. The second-order valence-electron chi connectivity index (χ2n) is 6.41. The molecule has 1 fully saturated rings. The van der Waals surface area contributed by atoms with E-state index >= 15 is 0 Å². The Morgan fingerprint density at radius 2 is 1.75 bits per heavy atom. The van der Waals surface area contributed by atoms with Gasteiger partial charge < -0.3 is 14.8 Å². The summed E-state index contributed by atoms with van der Waals surface area (Å²) in [6.45, 7) is 1.09. The smallest absolute Gasteiger partial charge is 0.250 e. The van der Waals surface area contributed by atoms with Crippen LogP contribution in [-0.4, -0.2) is 39.5 Å². The number of hydrogen-bond acceptors (Lipinski definition) is 7. The van der Waals surface area contributed by atoms with Crippen LogP contribution in [0, 0.1) is 5.92 Å². The molecule has 148 valence electrons. The second-order valence-corrected chi connectivity index (χ2v) is 8.22. The summed E-state index contributed by atoms with van der Waals surface area (Å²) in [7, 11) is -3.84. The van der Waals surface area contributed by atoms with Gasteiger partial charge in [0.05, 0.1) is 5.92 Å². The SMILES string of the molecule is O=C(Nc1ccc2c(c1)OCCO2)C1CNNC1S(=O)(=O)Nc1ccccc1. The normalized spacial score (nSPS) is 21.1. The van der Waals surface area contributed by atoms with Gasteiger partial charge in [-0.15, -0.1) is 0 Å². The van der Waals surface area contributed by atoms with Crippen LogP contribution in [0.2, 0.25) is 0 Å². The number of fused-ring (bicyclic) bond motifs is 1. The summed E-state index contributed by atoms with van der Waals surface area (Å²) >= 11 is 0. The molecule has 28 heavy (non-hydrogen) atoms. The molecule has 0 bridgehead atoms. The van der Waals surface area contributed by atoms with Crippen LogP contribution >= 0.6 is 0 Å². The molecule has 9 nitrogen and oxygen atoms in total. The number of carbonyl (C=O) groups excluding carboxylic acids is 1. The van der Waals surface area contributed by atoms with E-state index in [4.69, 9.17) is 9.47 Å². The largest absolute Gasteiger partial charge is 0.486 e. The van der Waals surface area contributed by atoms with Gasteiger partial charge in [0.15, 0.2) is 16.9 Å². The van der Waals surface area contributed by atoms with E-state index in [0.29, 0.717) is 36.1 Å². The average molecular weight is 404 g/mol. The first-order valence-electron chi connectivity index (χ1n) is 8.78. The maximum atomic E-state index is 12.7. The van der Waals surface area contributed by atoms with Crippen molar-refractivity contribution in [2.75, 3.05) is 29.8 Å². The number of carbonyl (C=O) groups is 1. The molecule has 2 unspecified atom stereocenters. The third kappa shape index (κ3) is 3.88. The van der Waals surface area contributed by atoms with E-state index in [0.717, 1.165) is 0 Å². The van der Waals surface area contributed by atoms with Crippen molar-refractivity contribution in [3.05, 3.63) is 48.5 Å². The van der Waals surface area contributed by atoms with Gasteiger partial charge in [-0.3, -0.25) is 14.9 Å². The molecule has 0 radical (unpaired) electrons. The predicted octanol–water partition coefficient (Wildman–Crippen LogP) is 0.888. The number of amides is 1. The van der Waals surface area contributed by atoms with Gasteiger partial charge in [0, 0.05) is 24.0 Å². The third-order valence-electron chi connectivity index (χ3n) is 4.45. The van der Waals surface area contributed by atoms with Gasteiger partial charge in [-0.25, -0.2) is 13.8 Å². The zero-order valence-corrected chi connectivity index (χ0v) is 15.7. The van der Waals surface area contributed by atoms with Gasteiger partial charge in [-0.05, 0) is 24.3 Å². The molecule has 2 atom stereocenters. The third-order valence-corrected chi connectivity index (χ3v) is 6.08. The number of benzene rings is 2. The van der Waals surface area contributed by atoms with E-state index in [1.54, 1.807) is 48.5 Å². The number of para-hydroxylation sites is 1. The van der Waals surface area contributed by atoms with Crippen LogP contribution < -0.4 is 30.4 Å². The van der Waals surface area contributed by atoms with Gasteiger partial charge >= 0.3 is 0 Å². The molecule has 10 heteroatoms. The molecule has 1 saturated heterocycles. The minimum atomic E-state index is -3.84. The van der Waals surface area contributed by atoms with Crippen LogP contribution in [0.4, 0.5) is 11.4 Å². The minimum Gasteiger partial charge on any atom is -0.486 e. The summed E-state index contributed by atoms with van der Waals surface area (Å²) < 4.78 is 38.9. The van der Waals surface area contributed by atoms with Crippen molar-refractivity contribution in [3.63, 3.8) is 0 Å². The second kappa shape index (κ2) is 7.66. The van der Waals surface area contributed by atoms with Crippen LogP contribution in [0.25, 0.3) is 0 Å². The van der Waals surface area contributed by atoms with Gasteiger partial charge in [0.1, 0.15) is 13.2 Å². The van der Waals surface area contributed by atoms with Crippen molar-refractivity contribution in [2.45, 2.75) is 5.37 Å². The van der Waals surface area contributed by atoms with E-state index in [9.17, 15) is 13.2 Å². The highest BCUT2D eigenvalue weighted by molar-refractivity contribution is 7.93. The average Bonchev–Trinajstić information content (AvgIpc) is 3.19. The fraction of sp³-hybridized carbons (Fsp3) is 0.278. The summed E-state index contributed by atoms with van der Waals surface area (Å²) in [5, 5.41) is 1.63. The molecular weight excluding hydrogens is 384 g/mol. The zero-order valence-electron chi connectivity index (χ0n) is 14.8. The number of nitrogens with one attached hydrogen (secondary N) is 4. The van der Waals surface area contributed by atoms with Crippen molar-refractivity contribution in [1.82, 2.24) is 10.9 Å². The lowest BCUT2D eigenvalue weighted by Gasteiger charge is -2.21. The van der Waals surface area contributed by atoms with E-state index in [-0.39, 0.29) is 6.54 Å². The number of rotatable bonds is 5. The van der Waals surface area contributed by atoms with E-state index in [1.165, 1.54) is 0 Å². The van der Waals surface area contributed by atoms with Gasteiger partial charge in [0.25, 0.3) is 10.0 Å². The topological polar surface area (TPSA) is 118 Å². The summed E-state index contributed by atoms with van der Waals surface area (Å²) in [6.07, 6.45) is 0. The quantitative estimate of drug-likeness (QED) is 0.585. The molecule has 0 saturated carbocycles. The summed E-state index contributed by atoms with van der Waals surface area (Å²) in [6, 6.07) is 13.6. The maximum absolute atomic E-state index is 12.7. The molecule has 2 aliphatic heterocycles. The van der Waals surface area contributed by atoms with Gasteiger partial charge in [-0.1, -0.05) is 18.2 Å². The number of sulfonamides is 1. The first-order chi connectivity index (χ1) is 13.5. The number of anilines is 2. The predicted molar refractivity (Wildman–Crippen MR) is 103 cm³/mol. The van der Waals surface area contributed by atoms with Crippen LogP contribution in [-0.2, 0) is 14.8 Å². The molecule has 1 amide bonds. The first-order valence-corrected chi connectivity index (χ1v) is 10.3. The van der Waals surface area contributed by atoms with Crippen molar-refractivity contribution < 1.29 is 22.7 Å². The number of hydrazine groups is 1. The first kappa shape index (κ1) is 18.5. The molecule has 2 aromatic carbocycles. The van der Waals surface area contributed by atoms with E-state index < -0.39 is 27.2 Å². The molecule has 2 aliphatic rings. The van der Waals surface area contributed by atoms with Crippen molar-refractivity contribution >= 4 is 27.3 Å². The molecule has 0 aromatic heterocycles. The number of ether oxygens (including phenoxy) is 2.